The first-order chi connectivity index (χ1) is 8.08. The van der Waals surface area contributed by atoms with Gasteiger partial charge in [-0.15, -0.1) is 0 Å². The summed E-state index contributed by atoms with van der Waals surface area (Å²) in [6.45, 7) is 1.93. The van der Waals surface area contributed by atoms with E-state index in [1.807, 2.05) is 19.1 Å². The van der Waals surface area contributed by atoms with Crippen LogP contribution in [0.25, 0.3) is 0 Å². The smallest absolute Gasteiger partial charge is 0.325 e. The zero-order valence-corrected chi connectivity index (χ0v) is 9.23. The van der Waals surface area contributed by atoms with Crippen LogP contribution in [0.3, 0.4) is 0 Å². The number of hydrogen-bond acceptors (Lipinski definition) is 3. The second-order valence-electron chi connectivity index (χ2n) is 3.84. The standard InChI is InChI=1S/C12H12N2O3/c1-7-2-4-8(5-3-7)10(15)9-6-13-12(17)14-11(9)16/h2-6,10,15H,1H3,(H2,13,14,16,17). The van der Waals surface area contributed by atoms with Crippen molar-refractivity contribution in [3.8, 4) is 0 Å². The highest BCUT2D eigenvalue weighted by Gasteiger charge is 2.14. The molecule has 0 saturated carbocycles. The third kappa shape index (κ3) is 2.34. The number of aromatic nitrogens is 2. The minimum atomic E-state index is -1.05. The van der Waals surface area contributed by atoms with Gasteiger partial charge in [0.2, 0.25) is 0 Å². The van der Waals surface area contributed by atoms with Crippen LogP contribution in [0.4, 0.5) is 0 Å². The van der Waals surface area contributed by atoms with Gasteiger partial charge >= 0.3 is 5.69 Å². The summed E-state index contributed by atoms with van der Waals surface area (Å²) in [4.78, 5) is 26.7. The summed E-state index contributed by atoms with van der Waals surface area (Å²) >= 11 is 0. The molecule has 1 atom stereocenters. The molecule has 17 heavy (non-hydrogen) atoms. The molecule has 2 rings (SSSR count). The van der Waals surface area contributed by atoms with Crippen LogP contribution in [-0.4, -0.2) is 15.1 Å². The molecule has 0 amide bonds. The second-order valence-corrected chi connectivity index (χ2v) is 3.84. The van der Waals surface area contributed by atoms with Crippen LogP contribution in [0, 0.1) is 6.92 Å². The highest BCUT2D eigenvalue weighted by atomic mass is 16.3. The fourth-order valence-corrected chi connectivity index (χ4v) is 1.55. The molecule has 5 heteroatoms. The highest BCUT2D eigenvalue weighted by Crippen LogP contribution is 2.18. The van der Waals surface area contributed by atoms with Gasteiger partial charge < -0.3 is 10.1 Å². The molecule has 0 radical (unpaired) electrons. The number of aryl methyl sites for hydroxylation is 1. The summed E-state index contributed by atoms with van der Waals surface area (Å²) in [6.07, 6.45) is 0.183. The van der Waals surface area contributed by atoms with E-state index in [4.69, 9.17) is 0 Å². The summed E-state index contributed by atoms with van der Waals surface area (Å²) in [6, 6.07) is 7.17. The van der Waals surface area contributed by atoms with Gasteiger partial charge in [0.1, 0.15) is 6.10 Å². The van der Waals surface area contributed by atoms with Crippen LogP contribution in [0.5, 0.6) is 0 Å². The second kappa shape index (κ2) is 4.39. The van der Waals surface area contributed by atoms with Crippen molar-refractivity contribution in [1.82, 2.24) is 9.97 Å². The number of rotatable bonds is 2. The first-order valence-corrected chi connectivity index (χ1v) is 5.14. The molecule has 0 spiro atoms. The summed E-state index contributed by atoms with van der Waals surface area (Å²) in [5, 5.41) is 10.0. The Morgan fingerprint density at radius 3 is 2.41 bits per heavy atom. The minimum absolute atomic E-state index is 0.119. The van der Waals surface area contributed by atoms with E-state index in [0.717, 1.165) is 5.56 Å². The Hall–Kier alpha value is -2.14. The lowest BCUT2D eigenvalue weighted by Crippen LogP contribution is -2.26. The van der Waals surface area contributed by atoms with E-state index in [1.54, 1.807) is 12.1 Å². The van der Waals surface area contributed by atoms with Gasteiger partial charge in [0.25, 0.3) is 5.56 Å². The third-order valence-electron chi connectivity index (χ3n) is 2.54. The zero-order valence-electron chi connectivity index (χ0n) is 9.23. The lowest BCUT2D eigenvalue weighted by molar-refractivity contribution is 0.218. The van der Waals surface area contributed by atoms with Crippen molar-refractivity contribution in [2.75, 3.05) is 0 Å². The maximum atomic E-state index is 11.5. The fourth-order valence-electron chi connectivity index (χ4n) is 1.55. The van der Waals surface area contributed by atoms with Gasteiger partial charge in [0.15, 0.2) is 0 Å². The Bertz CT molecular complexity index is 625. The van der Waals surface area contributed by atoms with Crippen molar-refractivity contribution >= 4 is 0 Å². The first kappa shape index (κ1) is 11.3. The summed E-state index contributed by atoms with van der Waals surface area (Å²) in [7, 11) is 0. The predicted octanol–water partition coefficient (Wildman–Crippen LogP) is 0.453. The first-order valence-electron chi connectivity index (χ1n) is 5.14. The van der Waals surface area contributed by atoms with Crippen LogP contribution in [0.15, 0.2) is 40.1 Å². The molecule has 1 unspecified atom stereocenters. The van der Waals surface area contributed by atoms with E-state index >= 15 is 0 Å². The molecule has 0 aliphatic carbocycles. The number of benzene rings is 1. The maximum absolute atomic E-state index is 11.5. The van der Waals surface area contributed by atoms with E-state index < -0.39 is 17.4 Å². The quantitative estimate of drug-likeness (QED) is 0.702. The molecule has 0 saturated heterocycles. The molecule has 0 fully saturated rings. The molecule has 3 N–H and O–H groups in total. The Morgan fingerprint density at radius 2 is 1.82 bits per heavy atom. The van der Waals surface area contributed by atoms with Crippen molar-refractivity contribution in [2.24, 2.45) is 0 Å². The molecular weight excluding hydrogens is 220 g/mol. The van der Waals surface area contributed by atoms with Crippen molar-refractivity contribution in [3.63, 3.8) is 0 Å². The predicted molar refractivity (Wildman–Crippen MR) is 62.9 cm³/mol. The molecule has 1 heterocycles. The summed E-state index contributed by atoms with van der Waals surface area (Å²) in [5.41, 5.74) is 0.620. The topological polar surface area (TPSA) is 85.9 Å². The van der Waals surface area contributed by atoms with Gasteiger partial charge in [-0.2, -0.15) is 0 Å². The molecule has 0 aliphatic rings. The number of aromatic amines is 2. The van der Waals surface area contributed by atoms with Crippen LogP contribution in [0.2, 0.25) is 0 Å². The zero-order chi connectivity index (χ0) is 12.4. The Kier molecular flexibility index (Phi) is 2.93. The van der Waals surface area contributed by atoms with Crippen molar-refractivity contribution in [1.29, 1.82) is 0 Å². The van der Waals surface area contributed by atoms with E-state index in [2.05, 4.69) is 9.97 Å². The SMILES string of the molecule is Cc1ccc(C(O)c2c[nH]c(=O)[nH]c2=O)cc1. The molecule has 88 valence electrons. The van der Waals surface area contributed by atoms with Crippen LogP contribution < -0.4 is 11.2 Å². The highest BCUT2D eigenvalue weighted by molar-refractivity contribution is 5.29. The Labute approximate surface area is 96.8 Å². The summed E-state index contributed by atoms with van der Waals surface area (Å²) < 4.78 is 0. The van der Waals surface area contributed by atoms with Crippen molar-refractivity contribution in [2.45, 2.75) is 13.0 Å². The molecule has 1 aromatic heterocycles. The third-order valence-corrected chi connectivity index (χ3v) is 2.54. The van der Waals surface area contributed by atoms with E-state index in [-0.39, 0.29) is 5.56 Å². The number of aliphatic hydroxyl groups is 1. The average molecular weight is 232 g/mol. The van der Waals surface area contributed by atoms with Crippen LogP contribution in [0.1, 0.15) is 22.8 Å². The molecule has 5 nitrogen and oxygen atoms in total. The maximum Gasteiger partial charge on any atom is 0.325 e. The lowest BCUT2D eigenvalue weighted by Gasteiger charge is -2.09. The molecule has 2 aromatic rings. The summed E-state index contributed by atoms with van der Waals surface area (Å²) in [5.74, 6) is 0. The minimum Gasteiger partial charge on any atom is -0.383 e. The fraction of sp³-hybridized carbons (Fsp3) is 0.167. The van der Waals surface area contributed by atoms with Crippen LogP contribution >= 0.6 is 0 Å². The van der Waals surface area contributed by atoms with Gasteiger partial charge in [-0.25, -0.2) is 4.79 Å². The monoisotopic (exact) mass is 232 g/mol. The Morgan fingerprint density at radius 1 is 1.18 bits per heavy atom. The average Bonchev–Trinajstić information content (AvgIpc) is 2.29. The Balaban J connectivity index is 2.43. The molecule has 0 bridgehead atoms. The van der Waals surface area contributed by atoms with E-state index in [9.17, 15) is 14.7 Å². The van der Waals surface area contributed by atoms with Gasteiger partial charge in [0, 0.05) is 6.20 Å². The number of nitrogens with one attached hydrogen (secondary N) is 2. The molecular formula is C12H12N2O3. The largest absolute Gasteiger partial charge is 0.383 e. The van der Waals surface area contributed by atoms with E-state index in [1.165, 1.54) is 6.20 Å². The molecule has 0 aliphatic heterocycles. The van der Waals surface area contributed by atoms with Gasteiger partial charge in [-0.05, 0) is 12.5 Å². The van der Waals surface area contributed by atoms with Crippen molar-refractivity contribution < 1.29 is 5.11 Å². The lowest BCUT2D eigenvalue weighted by atomic mass is 10.0. The van der Waals surface area contributed by atoms with E-state index in [0.29, 0.717) is 5.56 Å². The van der Waals surface area contributed by atoms with Gasteiger partial charge in [-0.3, -0.25) is 9.78 Å². The van der Waals surface area contributed by atoms with Crippen LogP contribution in [-0.2, 0) is 0 Å². The molecule has 1 aromatic carbocycles. The van der Waals surface area contributed by atoms with Crippen molar-refractivity contribution in [3.05, 3.63) is 68.0 Å². The number of aliphatic hydroxyl groups excluding tert-OH is 1. The van der Waals surface area contributed by atoms with Gasteiger partial charge in [-0.1, -0.05) is 29.8 Å². The number of H-pyrrole nitrogens is 2. The normalized spacial score (nSPS) is 12.4. The van der Waals surface area contributed by atoms with Gasteiger partial charge in [0.05, 0.1) is 5.56 Å². The number of hydrogen-bond donors (Lipinski definition) is 3.